The average Bonchev–Trinajstić information content (AvgIpc) is 3.05. The molecular weight excluding hydrogens is 451 g/mol. The quantitative estimate of drug-likeness (QED) is 0.706. The fraction of sp³-hybridized carbons (Fsp3) is 0.522. The Balaban J connectivity index is 1.69. The Morgan fingerprint density at radius 2 is 1.85 bits per heavy atom. The van der Waals surface area contributed by atoms with Crippen LogP contribution in [0.1, 0.15) is 52.4 Å². The number of amides is 2. The lowest BCUT2D eigenvalue weighted by Crippen LogP contribution is -2.49. The maximum Gasteiger partial charge on any atom is 0.433 e. The summed E-state index contributed by atoms with van der Waals surface area (Å²) in [4.78, 5) is 38.8. The Kier molecular flexibility index (Phi) is 7.13. The first kappa shape index (κ1) is 25.4. The van der Waals surface area contributed by atoms with Gasteiger partial charge in [0.25, 0.3) is 0 Å². The molecule has 0 saturated carbocycles. The molecule has 1 fully saturated rings. The Hall–Kier alpha value is -3.24. The van der Waals surface area contributed by atoms with Gasteiger partial charge in [0.1, 0.15) is 23.7 Å². The molecule has 1 aliphatic rings. The van der Waals surface area contributed by atoms with Crippen molar-refractivity contribution in [2.24, 2.45) is 5.92 Å². The summed E-state index contributed by atoms with van der Waals surface area (Å²) in [5.41, 5.74) is -0.459. The summed E-state index contributed by atoms with van der Waals surface area (Å²) in [6.07, 6.45) is -2.21. The number of alkyl halides is 3. The second-order valence-corrected chi connectivity index (χ2v) is 9.40. The predicted octanol–water partition coefficient (Wildman–Crippen LogP) is 4.21. The molecule has 2 aromatic heterocycles. The largest absolute Gasteiger partial charge is 0.444 e. The number of nitrogens with zero attached hydrogens (tertiary/aromatic N) is 4. The van der Waals surface area contributed by atoms with Crippen molar-refractivity contribution in [2.45, 2.75) is 71.4 Å². The van der Waals surface area contributed by atoms with E-state index in [0.29, 0.717) is 23.4 Å². The highest BCUT2D eigenvalue weighted by molar-refractivity contribution is 5.86. The molecule has 1 aliphatic heterocycles. The molecule has 3 rings (SSSR count). The van der Waals surface area contributed by atoms with Gasteiger partial charge in [0.15, 0.2) is 0 Å². The number of ether oxygens (including phenoxy) is 1. The summed E-state index contributed by atoms with van der Waals surface area (Å²) in [6, 6.07) is 2.88. The van der Waals surface area contributed by atoms with Gasteiger partial charge in [-0.25, -0.2) is 14.8 Å². The van der Waals surface area contributed by atoms with Gasteiger partial charge in [0, 0.05) is 17.8 Å². The Bertz CT molecular complexity index is 1040. The minimum atomic E-state index is -4.53. The van der Waals surface area contributed by atoms with Crippen LogP contribution < -0.4 is 5.32 Å². The third kappa shape index (κ3) is 6.00. The van der Waals surface area contributed by atoms with Gasteiger partial charge in [0.2, 0.25) is 5.91 Å². The van der Waals surface area contributed by atoms with Crippen LogP contribution in [-0.2, 0) is 22.3 Å². The molecule has 0 radical (unpaired) electrons. The van der Waals surface area contributed by atoms with Crippen LogP contribution in [0.25, 0.3) is 11.3 Å². The summed E-state index contributed by atoms with van der Waals surface area (Å²) in [5.74, 6) is -0.223. The molecule has 0 bridgehead atoms. The molecule has 1 N–H and O–H groups in total. The van der Waals surface area contributed by atoms with E-state index in [1.165, 1.54) is 17.3 Å². The Morgan fingerprint density at radius 3 is 2.44 bits per heavy atom. The number of hydrogen-bond donors (Lipinski definition) is 1. The van der Waals surface area contributed by atoms with Crippen LogP contribution in [0.3, 0.4) is 0 Å². The zero-order chi connectivity index (χ0) is 25.3. The SMILES string of the molecule is C[C@@H]1C[C@@H](C(=O)NCc2cc(-c3ccc(C(F)(F)F)nc3)ncn2)N(C(=O)OC(C)(C)C)[C@@H]1C. The number of carbonyl (C=O) groups is 2. The van der Waals surface area contributed by atoms with Crippen molar-refractivity contribution in [3.05, 3.63) is 42.1 Å². The third-order valence-corrected chi connectivity index (χ3v) is 5.62. The summed E-state index contributed by atoms with van der Waals surface area (Å²) >= 11 is 0. The maximum atomic E-state index is 13.0. The molecule has 0 aliphatic carbocycles. The highest BCUT2D eigenvalue weighted by Gasteiger charge is 2.44. The van der Waals surface area contributed by atoms with Crippen LogP contribution >= 0.6 is 0 Å². The van der Waals surface area contributed by atoms with Gasteiger partial charge >= 0.3 is 12.3 Å². The van der Waals surface area contributed by atoms with E-state index in [2.05, 4.69) is 20.3 Å². The summed E-state index contributed by atoms with van der Waals surface area (Å²) in [5, 5.41) is 2.79. The topological polar surface area (TPSA) is 97.3 Å². The molecule has 3 atom stereocenters. The van der Waals surface area contributed by atoms with Gasteiger partial charge in [-0.1, -0.05) is 6.92 Å². The van der Waals surface area contributed by atoms with E-state index in [1.54, 1.807) is 26.8 Å². The van der Waals surface area contributed by atoms with Crippen LogP contribution in [-0.4, -0.2) is 49.5 Å². The molecular formula is C23H28F3N5O3. The number of rotatable bonds is 4. The smallest absolute Gasteiger partial charge is 0.433 e. The zero-order valence-electron chi connectivity index (χ0n) is 19.7. The Morgan fingerprint density at radius 1 is 1.15 bits per heavy atom. The van der Waals surface area contributed by atoms with Crippen molar-refractivity contribution in [3.63, 3.8) is 0 Å². The van der Waals surface area contributed by atoms with Gasteiger partial charge in [0.05, 0.1) is 17.9 Å². The lowest BCUT2D eigenvalue weighted by atomic mass is 10.0. The van der Waals surface area contributed by atoms with Gasteiger partial charge in [-0.2, -0.15) is 13.2 Å². The second kappa shape index (κ2) is 9.55. The number of pyridine rings is 1. The standard InChI is InChI=1S/C23H28F3N5O3/c1-13-8-18(31(14(13)2)21(33)34-22(3,4)5)20(32)28-11-16-9-17(30-12-29-16)15-6-7-19(27-10-15)23(24,25)26/h6-7,9-10,12-14,18H,8,11H2,1-5H3,(H,28,32)/t13-,14-,18+/m1/s1. The molecule has 1 saturated heterocycles. The lowest BCUT2D eigenvalue weighted by molar-refractivity contribution is -0.141. The van der Waals surface area contributed by atoms with Crippen molar-refractivity contribution in [1.29, 1.82) is 0 Å². The molecule has 0 spiro atoms. The Labute approximate surface area is 195 Å². The normalized spacial score (nSPS) is 20.8. The highest BCUT2D eigenvalue weighted by Crippen LogP contribution is 2.31. The van der Waals surface area contributed by atoms with Gasteiger partial charge < -0.3 is 10.1 Å². The summed E-state index contributed by atoms with van der Waals surface area (Å²) in [7, 11) is 0. The van der Waals surface area contributed by atoms with E-state index in [9.17, 15) is 22.8 Å². The van der Waals surface area contributed by atoms with E-state index in [-0.39, 0.29) is 24.4 Å². The molecule has 0 unspecified atom stereocenters. The maximum absolute atomic E-state index is 13.0. The van der Waals surface area contributed by atoms with Crippen molar-refractivity contribution >= 4 is 12.0 Å². The van der Waals surface area contributed by atoms with Gasteiger partial charge in [-0.3, -0.25) is 14.7 Å². The fourth-order valence-electron chi connectivity index (χ4n) is 3.72. The molecule has 0 aromatic carbocycles. The number of hydrogen-bond acceptors (Lipinski definition) is 6. The van der Waals surface area contributed by atoms with Crippen LogP contribution in [0.5, 0.6) is 0 Å². The first-order valence-corrected chi connectivity index (χ1v) is 10.9. The molecule has 2 amide bonds. The van der Waals surface area contributed by atoms with Crippen LogP contribution in [0.4, 0.5) is 18.0 Å². The second-order valence-electron chi connectivity index (χ2n) is 9.40. The molecule has 184 valence electrons. The summed E-state index contributed by atoms with van der Waals surface area (Å²) < 4.78 is 43.7. The molecule has 8 nitrogen and oxygen atoms in total. The summed E-state index contributed by atoms with van der Waals surface area (Å²) in [6.45, 7) is 9.22. The number of likely N-dealkylation sites (tertiary alicyclic amines) is 1. The molecule has 2 aromatic rings. The average molecular weight is 480 g/mol. The first-order chi connectivity index (χ1) is 15.8. The van der Waals surface area contributed by atoms with Crippen LogP contribution in [0.2, 0.25) is 0 Å². The van der Waals surface area contributed by atoms with E-state index >= 15 is 0 Å². The number of halogens is 3. The molecule has 3 heterocycles. The highest BCUT2D eigenvalue weighted by atomic mass is 19.4. The lowest BCUT2D eigenvalue weighted by Gasteiger charge is -2.31. The van der Waals surface area contributed by atoms with E-state index < -0.39 is 29.6 Å². The molecule has 11 heteroatoms. The van der Waals surface area contributed by atoms with Crippen molar-refractivity contribution in [1.82, 2.24) is 25.2 Å². The van der Waals surface area contributed by atoms with E-state index in [0.717, 1.165) is 12.3 Å². The van der Waals surface area contributed by atoms with E-state index in [1.807, 2.05) is 13.8 Å². The zero-order valence-corrected chi connectivity index (χ0v) is 19.7. The fourth-order valence-corrected chi connectivity index (χ4v) is 3.72. The number of carbonyl (C=O) groups excluding carboxylic acids is 2. The monoisotopic (exact) mass is 479 g/mol. The van der Waals surface area contributed by atoms with Gasteiger partial charge in [-0.05, 0) is 58.2 Å². The number of aromatic nitrogens is 3. The van der Waals surface area contributed by atoms with E-state index in [4.69, 9.17) is 4.74 Å². The van der Waals surface area contributed by atoms with Crippen molar-refractivity contribution < 1.29 is 27.5 Å². The number of nitrogens with one attached hydrogen (secondary N) is 1. The predicted molar refractivity (Wildman–Crippen MR) is 117 cm³/mol. The van der Waals surface area contributed by atoms with Crippen LogP contribution in [0.15, 0.2) is 30.7 Å². The third-order valence-electron chi connectivity index (χ3n) is 5.62. The minimum absolute atomic E-state index is 0.0594. The van der Waals surface area contributed by atoms with Crippen molar-refractivity contribution in [3.8, 4) is 11.3 Å². The van der Waals surface area contributed by atoms with Crippen molar-refractivity contribution in [2.75, 3.05) is 0 Å². The van der Waals surface area contributed by atoms with Gasteiger partial charge in [-0.15, -0.1) is 0 Å². The van der Waals surface area contributed by atoms with Crippen LogP contribution in [0, 0.1) is 5.92 Å². The first-order valence-electron chi connectivity index (χ1n) is 10.9. The minimum Gasteiger partial charge on any atom is -0.444 e. The molecule has 34 heavy (non-hydrogen) atoms.